The summed E-state index contributed by atoms with van der Waals surface area (Å²) in [6.07, 6.45) is 2.80. The number of piperazine rings is 1. The van der Waals surface area contributed by atoms with E-state index < -0.39 is 0 Å². The second-order valence-corrected chi connectivity index (χ2v) is 6.56. The second-order valence-electron chi connectivity index (χ2n) is 5.76. The van der Waals surface area contributed by atoms with Crippen molar-refractivity contribution in [2.75, 3.05) is 13.1 Å². The molecular formula is C14H19BrN4O2. The van der Waals surface area contributed by atoms with E-state index in [9.17, 15) is 9.59 Å². The van der Waals surface area contributed by atoms with Crippen molar-refractivity contribution < 1.29 is 9.59 Å². The van der Waals surface area contributed by atoms with Crippen molar-refractivity contribution in [3.05, 3.63) is 15.9 Å². The highest BCUT2D eigenvalue weighted by Crippen LogP contribution is 2.26. The minimum Gasteiger partial charge on any atom is -0.329 e. The van der Waals surface area contributed by atoms with Crippen LogP contribution in [-0.2, 0) is 23.2 Å². The molecule has 2 aliphatic rings. The number of aryl methyl sites for hydroxylation is 2. The summed E-state index contributed by atoms with van der Waals surface area (Å²) in [7, 11) is 1.86. The van der Waals surface area contributed by atoms with Gasteiger partial charge in [0.05, 0.1) is 22.4 Å². The maximum atomic E-state index is 12.6. The van der Waals surface area contributed by atoms with Gasteiger partial charge in [0.2, 0.25) is 11.8 Å². The Morgan fingerprint density at radius 2 is 2.10 bits per heavy atom. The lowest BCUT2D eigenvalue weighted by Gasteiger charge is -2.42. The number of carbonyl (C=O) groups is 2. The van der Waals surface area contributed by atoms with E-state index in [2.05, 4.69) is 21.0 Å². The van der Waals surface area contributed by atoms with Crippen LogP contribution in [0.3, 0.4) is 0 Å². The Bertz CT molecular complexity index is 598. The molecule has 21 heavy (non-hydrogen) atoms. The summed E-state index contributed by atoms with van der Waals surface area (Å²) in [4.78, 5) is 28.3. The lowest BCUT2D eigenvalue weighted by atomic mass is 9.98. The third-order valence-corrected chi connectivity index (χ3v) is 5.38. The van der Waals surface area contributed by atoms with Crippen LogP contribution >= 0.6 is 15.9 Å². The summed E-state index contributed by atoms with van der Waals surface area (Å²) in [5.41, 5.74) is 1.82. The molecule has 6 nitrogen and oxygen atoms in total. The average Bonchev–Trinajstić information content (AvgIpc) is 2.71. The van der Waals surface area contributed by atoms with Crippen molar-refractivity contribution in [1.29, 1.82) is 0 Å². The summed E-state index contributed by atoms with van der Waals surface area (Å²) < 4.78 is 2.68. The lowest BCUT2D eigenvalue weighted by Crippen LogP contribution is -2.60. The molecule has 1 atom stereocenters. The Labute approximate surface area is 132 Å². The number of halogens is 1. The molecule has 1 aromatic heterocycles. The molecule has 3 rings (SSSR count). The Kier molecular flexibility index (Phi) is 3.77. The van der Waals surface area contributed by atoms with Gasteiger partial charge in [-0.05, 0) is 42.1 Å². The van der Waals surface area contributed by atoms with Gasteiger partial charge in [-0.25, -0.2) is 0 Å². The molecule has 0 aliphatic carbocycles. The fourth-order valence-electron chi connectivity index (χ4n) is 3.20. The molecule has 3 heterocycles. The van der Waals surface area contributed by atoms with Gasteiger partial charge in [0, 0.05) is 13.6 Å². The summed E-state index contributed by atoms with van der Waals surface area (Å²) in [5.74, 6) is 0.134. The largest absolute Gasteiger partial charge is 0.329 e. The van der Waals surface area contributed by atoms with Crippen LogP contribution in [0.2, 0.25) is 0 Å². The smallest absolute Gasteiger partial charge is 0.246 e. The van der Waals surface area contributed by atoms with Crippen molar-refractivity contribution in [3.63, 3.8) is 0 Å². The molecule has 114 valence electrons. The Balaban J connectivity index is 1.82. The zero-order valence-corrected chi connectivity index (χ0v) is 13.9. The number of nitrogens with zero attached hydrogens (tertiary/aromatic N) is 4. The first-order valence-electron chi connectivity index (χ1n) is 7.25. The topological polar surface area (TPSA) is 58.4 Å². The highest BCUT2D eigenvalue weighted by atomic mass is 79.9. The summed E-state index contributed by atoms with van der Waals surface area (Å²) in [6.45, 7) is 3.23. The third kappa shape index (κ3) is 2.47. The molecule has 0 radical (unpaired) electrons. The maximum Gasteiger partial charge on any atom is 0.246 e. The summed E-state index contributed by atoms with van der Waals surface area (Å²) >= 11 is 3.52. The zero-order valence-electron chi connectivity index (χ0n) is 12.3. The highest BCUT2D eigenvalue weighted by molar-refractivity contribution is 9.10. The normalized spacial score (nSPS) is 22.7. The Hall–Kier alpha value is -1.37. The van der Waals surface area contributed by atoms with Crippen LogP contribution in [0.25, 0.3) is 0 Å². The van der Waals surface area contributed by atoms with Gasteiger partial charge in [-0.1, -0.05) is 0 Å². The minimum atomic E-state index is -0.256. The fourth-order valence-corrected chi connectivity index (χ4v) is 3.66. The van der Waals surface area contributed by atoms with Gasteiger partial charge in [0.25, 0.3) is 0 Å². The van der Waals surface area contributed by atoms with Crippen molar-refractivity contribution >= 4 is 27.7 Å². The molecule has 1 aromatic rings. The molecule has 1 unspecified atom stereocenters. The number of carbonyl (C=O) groups excluding carboxylic acids is 2. The quantitative estimate of drug-likeness (QED) is 0.802. The van der Waals surface area contributed by atoms with E-state index >= 15 is 0 Å². The van der Waals surface area contributed by atoms with E-state index in [0.717, 1.165) is 41.7 Å². The maximum absolute atomic E-state index is 12.6. The molecule has 2 aliphatic heterocycles. The number of hydrogen-bond donors (Lipinski definition) is 0. The second kappa shape index (κ2) is 5.44. The third-order valence-electron chi connectivity index (χ3n) is 4.35. The van der Waals surface area contributed by atoms with Gasteiger partial charge < -0.3 is 9.80 Å². The molecule has 0 spiro atoms. The van der Waals surface area contributed by atoms with E-state index in [1.54, 1.807) is 14.5 Å². The first-order chi connectivity index (χ1) is 9.99. The monoisotopic (exact) mass is 354 g/mol. The van der Waals surface area contributed by atoms with Crippen molar-refractivity contribution in [2.45, 2.75) is 38.8 Å². The van der Waals surface area contributed by atoms with Gasteiger partial charge in [-0.2, -0.15) is 5.10 Å². The SMILES string of the molecule is Cc1nn(C)c(CN2CC(=O)N3CCCCC3C2=O)c1Br. The lowest BCUT2D eigenvalue weighted by molar-refractivity contribution is -0.158. The average molecular weight is 355 g/mol. The summed E-state index contributed by atoms with van der Waals surface area (Å²) in [6, 6.07) is -0.256. The molecule has 0 N–H and O–H groups in total. The number of fused-ring (bicyclic) bond motifs is 1. The van der Waals surface area contributed by atoms with Crippen LogP contribution < -0.4 is 0 Å². The van der Waals surface area contributed by atoms with Crippen molar-refractivity contribution in [3.8, 4) is 0 Å². The van der Waals surface area contributed by atoms with Crippen LogP contribution in [0.5, 0.6) is 0 Å². The molecule has 7 heteroatoms. The first kappa shape index (κ1) is 14.6. The zero-order chi connectivity index (χ0) is 15.1. The van der Waals surface area contributed by atoms with Crippen LogP contribution in [0.15, 0.2) is 4.47 Å². The van der Waals surface area contributed by atoms with Gasteiger partial charge >= 0.3 is 0 Å². The molecular weight excluding hydrogens is 336 g/mol. The molecule has 2 saturated heterocycles. The minimum absolute atomic E-state index is 0.0642. The van der Waals surface area contributed by atoms with Crippen molar-refractivity contribution in [2.24, 2.45) is 7.05 Å². The van der Waals surface area contributed by atoms with E-state index in [1.807, 2.05) is 14.0 Å². The molecule has 0 saturated carbocycles. The number of rotatable bonds is 2. The predicted molar refractivity (Wildman–Crippen MR) is 80.4 cm³/mol. The van der Waals surface area contributed by atoms with Crippen LogP contribution in [0, 0.1) is 6.92 Å². The molecule has 2 fully saturated rings. The molecule has 2 amide bonds. The standard InChI is InChI=1S/C14H19BrN4O2/c1-9-13(15)11(17(2)16-9)7-18-8-12(20)19-6-4-3-5-10(19)14(18)21/h10H,3-8H2,1-2H3. The van der Waals surface area contributed by atoms with Gasteiger partial charge in [-0.15, -0.1) is 0 Å². The highest BCUT2D eigenvalue weighted by Gasteiger charge is 2.40. The first-order valence-corrected chi connectivity index (χ1v) is 8.04. The van der Waals surface area contributed by atoms with Crippen LogP contribution in [0.1, 0.15) is 30.7 Å². The number of piperidine rings is 1. The van der Waals surface area contributed by atoms with E-state index in [1.165, 1.54) is 0 Å². The van der Waals surface area contributed by atoms with Gasteiger partial charge in [-0.3, -0.25) is 14.3 Å². The van der Waals surface area contributed by atoms with E-state index in [4.69, 9.17) is 0 Å². The fraction of sp³-hybridized carbons (Fsp3) is 0.643. The Morgan fingerprint density at radius 1 is 1.33 bits per heavy atom. The summed E-state index contributed by atoms with van der Waals surface area (Å²) in [5, 5.41) is 4.34. The Morgan fingerprint density at radius 3 is 2.76 bits per heavy atom. The number of aromatic nitrogens is 2. The van der Waals surface area contributed by atoms with Crippen molar-refractivity contribution in [1.82, 2.24) is 19.6 Å². The predicted octanol–water partition coefficient (Wildman–Crippen LogP) is 1.21. The van der Waals surface area contributed by atoms with E-state index in [-0.39, 0.29) is 24.4 Å². The molecule has 0 bridgehead atoms. The van der Waals surface area contributed by atoms with Crippen LogP contribution in [-0.4, -0.2) is 50.5 Å². The van der Waals surface area contributed by atoms with Crippen LogP contribution in [0.4, 0.5) is 0 Å². The van der Waals surface area contributed by atoms with E-state index in [0.29, 0.717) is 6.54 Å². The van der Waals surface area contributed by atoms with Gasteiger partial charge in [0.1, 0.15) is 12.6 Å². The van der Waals surface area contributed by atoms with Gasteiger partial charge in [0.15, 0.2) is 0 Å². The molecule has 0 aromatic carbocycles. The number of amides is 2. The number of hydrogen-bond acceptors (Lipinski definition) is 3.